The molecule has 3 heteroatoms. The van der Waals surface area contributed by atoms with Crippen LogP contribution >= 0.6 is 0 Å². The van der Waals surface area contributed by atoms with E-state index < -0.39 is 0 Å². The maximum atomic E-state index is 5.38. The first-order valence-corrected chi connectivity index (χ1v) is 6.74. The number of likely N-dealkylation sites (N-methyl/N-ethyl adjacent to an activating group) is 2. The number of nitrogens with zero attached hydrogens (tertiary/aromatic N) is 2. The van der Waals surface area contributed by atoms with Crippen LogP contribution in [0.15, 0.2) is 24.3 Å². The highest BCUT2D eigenvalue weighted by Gasteiger charge is 2.06. The average Bonchev–Trinajstić information content (AvgIpc) is 2.40. The summed E-state index contributed by atoms with van der Waals surface area (Å²) < 4.78 is 5.38. The van der Waals surface area contributed by atoms with Crippen molar-refractivity contribution in [3.63, 3.8) is 0 Å². The van der Waals surface area contributed by atoms with Gasteiger partial charge in [-0.15, -0.1) is 0 Å². The van der Waals surface area contributed by atoms with Crippen LogP contribution in [-0.2, 0) is 6.54 Å². The molecule has 0 saturated carbocycles. The van der Waals surface area contributed by atoms with Crippen molar-refractivity contribution < 1.29 is 4.74 Å². The SMILES string of the molecule is CCN(CC)CCN(C)Cc1ccccc1OC. The monoisotopic (exact) mass is 250 g/mol. The van der Waals surface area contributed by atoms with Gasteiger partial charge in [0, 0.05) is 25.2 Å². The first kappa shape index (κ1) is 15.0. The molecule has 0 N–H and O–H groups in total. The highest BCUT2D eigenvalue weighted by Crippen LogP contribution is 2.18. The lowest BCUT2D eigenvalue weighted by atomic mass is 10.2. The Morgan fingerprint density at radius 2 is 1.72 bits per heavy atom. The van der Waals surface area contributed by atoms with Gasteiger partial charge >= 0.3 is 0 Å². The van der Waals surface area contributed by atoms with E-state index in [2.05, 4.69) is 42.8 Å². The van der Waals surface area contributed by atoms with Gasteiger partial charge in [0.25, 0.3) is 0 Å². The van der Waals surface area contributed by atoms with Gasteiger partial charge in [-0.2, -0.15) is 0 Å². The fraction of sp³-hybridized carbons (Fsp3) is 0.600. The Morgan fingerprint density at radius 1 is 1.06 bits per heavy atom. The third-order valence-electron chi connectivity index (χ3n) is 3.33. The molecular formula is C15H26N2O. The molecule has 0 bridgehead atoms. The quantitative estimate of drug-likeness (QED) is 0.705. The molecular weight excluding hydrogens is 224 g/mol. The average molecular weight is 250 g/mol. The van der Waals surface area contributed by atoms with E-state index in [1.54, 1.807) is 7.11 Å². The Labute approximate surface area is 111 Å². The van der Waals surface area contributed by atoms with Gasteiger partial charge in [-0.3, -0.25) is 0 Å². The minimum absolute atomic E-state index is 0.936. The first-order chi connectivity index (χ1) is 8.71. The molecule has 1 aromatic rings. The third-order valence-corrected chi connectivity index (χ3v) is 3.33. The first-order valence-electron chi connectivity index (χ1n) is 6.74. The van der Waals surface area contributed by atoms with Crippen LogP contribution in [0.25, 0.3) is 0 Å². The van der Waals surface area contributed by atoms with Crippen molar-refractivity contribution in [1.29, 1.82) is 0 Å². The number of benzene rings is 1. The number of ether oxygens (including phenoxy) is 1. The second kappa shape index (κ2) is 8.11. The van der Waals surface area contributed by atoms with Crippen LogP contribution < -0.4 is 4.74 Å². The largest absolute Gasteiger partial charge is 0.496 e. The lowest BCUT2D eigenvalue weighted by Crippen LogP contribution is -2.32. The number of para-hydroxylation sites is 1. The minimum Gasteiger partial charge on any atom is -0.496 e. The van der Waals surface area contributed by atoms with Crippen LogP contribution in [0.1, 0.15) is 19.4 Å². The van der Waals surface area contributed by atoms with E-state index in [0.29, 0.717) is 0 Å². The van der Waals surface area contributed by atoms with Crippen LogP contribution in [-0.4, -0.2) is 50.1 Å². The normalized spacial score (nSPS) is 11.2. The van der Waals surface area contributed by atoms with E-state index in [1.807, 2.05) is 12.1 Å². The Morgan fingerprint density at radius 3 is 2.33 bits per heavy atom. The second-order valence-corrected chi connectivity index (χ2v) is 4.58. The van der Waals surface area contributed by atoms with Crippen molar-refractivity contribution in [3.8, 4) is 5.75 Å². The van der Waals surface area contributed by atoms with Gasteiger partial charge in [-0.1, -0.05) is 32.0 Å². The summed E-state index contributed by atoms with van der Waals surface area (Å²) in [6.45, 7) is 9.81. The van der Waals surface area contributed by atoms with Gasteiger partial charge in [0.2, 0.25) is 0 Å². The van der Waals surface area contributed by atoms with Crippen LogP contribution in [0, 0.1) is 0 Å². The van der Waals surface area contributed by atoms with Crippen LogP contribution in [0.5, 0.6) is 5.75 Å². The van der Waals surface area contributed by atoms with E-state index in [4.69, 9.17) is 4.74 Å². The van der Waals surface area contributed by atoms with Gasteiger partial charge in [-0.05, 0) is 26.2 Å². The Bertz CT molecular complexity index is 337. The molecule has 0 spiro atoms. The zero-order valence-electron chi connectivity index (χ0n) is 12.1. The molecule has 1 rings (SSSR count). The molecule has 0 aliphatic carbocycles. The molecule has 18 heavy (non-hydrogen) atoms. The summed E-state index contributed by atoms with van der Waals surface area (Å²) in [5.74, 6) is 0.979. The van der Waals surface area contributed by atoms with Gasteiger partial charge in [0.15, 0.2) is 0 Å². The molecule has 0 fully saturated rings. The topological polar surface area (TPSA) is 15.7 Å². The molecule has 0 radical (unpaired) electrons. The highest BCUT2D eigenvalue weighted by atomic mass is 16.5. The summed E-state index contributed by atoms with van der Waals surface area (Å²) in [6.07, 6.45) is 0. The number of hydrogen-bond donors (Lipinski definition) is 0. The highest BCUT2D eigenvalue weighted by molar-refractivity contribution is 5.32. The summed E-state index contributed by atoms with van der Waals surface area (Å²) >= 11 is 0. The molecule has 0 amide bonds. The number of rotatable bonds is 8. The minimum atomic E-state index is 0.936. The van der Waals surface area contributed by atoms with Gasteiger partial charge in [-0.25, -0.2) is 0 Å². The molecule has 102 valence electrons. The molecule has 0 unspecified atom stereocenters. The molecule has 0 aliphatic rings. The van der Waals surface area contributed by atoms with E-state index in [1.165, 1.54) is 5.56 Å². The third kappa shape index (κ3) is 4.67. The van der Waals surface area contributed by atoms with Gasteiger partial charge in [0.1, 0.15) is 5.75 Å². The molecule has 0 heterocycles. The summed E-state index contributed by atoms with van der Waals surface area (Å²) in [5, 5.41) is 0. The molecule has 0 saturated heterocycles. The van der Waals surface area contributed by atoms with E-state index >= 15 is 0 Å². The lowest BCUT2D eigenvalue weighted by Gasteiger charge is -2.23. The van der Waals surface area contributed by atoms with Crippen LogP contribution in [0.4, 0.5) is 0 Å². The van der Waals surface area contributed by atoms with Crippen LogP contribution in [0.2, 0.25) is 0 Å². The maximum absolute atomic E-state index is 5.38. The van der Waals surface area contributed by atoms with Crippen molar-refractivity contribution >= 4 is 0 Å². The zero-order chi connectivity index (χ0) is 13.4. The Balaban J connectivity index is 2.46. The van der Waals surface area contributed by atoms with E-state index in [0.717, 1.165) is 38.5 Å². The smallest absolute Gasteiger partial charge is 0.123 e. The van der Waals surface area contributed by atoms with Crippen molar-refractivity contribution in [2.75, 3.05) is 40.3 Å². The standard InChI is InChI=1S/C15H26N2O/c1-5-17(6-2)12-11-16(3)13-14-9-7-8-10-15(14)18-4/h7-10H,5-6,11-13H2,1-4H3. The molecule has 0 atom stereocenters. The zero-order valence-corrected chi connectivity index (χ0v) is 12.1. The van der Waals surface area contributed by atoms with Crippen molar-refractivity contribution in [2.45, 2.75) is 20.4 Å². The Kier molecular flexibility index (Phi) is 6.76. The predicted octanol–water partition coefficient (Wildman–Crippen LogP) is 2.47. The summed E-state index contributed by atoms with van der Waals surface area (Å²) in [7, 11) is 3.89. The fourth-order valence-electron chi connectivity index (χ4n) is 2.06. The van der Waals surface area contributed by atoms with E-state index in [-0.39, 0.29) is 0 Å². The summed E-state index contributed by atoms with van der Waals surface area (Å²) in [6, 6.07) is 8.23. The lowest BCUT2D eigenvalue weighted by molar-refractivity contribution is 0.235. The summed E-state index contributed by atoms with van der Waals surface area (Å²) in [5.41, 5.74) is 1.25. The number of methoxy groups -OCH3 is 1. The number of hydrogen-bond acceptors (Lipinski definition) is 3. The summed E-state index contributed by atoms with van der Waals surface area (Å²) in [4.78, 5) is 4.79. The van der Waals surface area contributed by atoms with Crippen molar-refractivity contribution in [3.05, 3.63) is 29.8 Å². The maximum Gasteiger partial charge on any atom is 0.123 e. The molecule has 1 aromatic carbocycles. The van der Waals surface area contributed by atoms with Gasteiger partial charge < -0.3 is 14.5 Å². The predicted molar refractivity (Wildman–Crippen MR) is 77.1 cm³/mol. The van der Waals surface area contributed by atoms with E-state index in [9.17, 15) is 0 Å². The van der Waals surface area contributed by atoms with Crippen LogP contribution in [0.3, 0.4) is 0 Å². The molecule has 3 nitrogen and oxygen atoms in total. The Hall–Kier alpha value is -1.06. The molecule has 0 aromatic heterocycles. The van der Waals surface area contributed by atoms with Gasteiger partial charge in [0.05, 0.1) is 7.11 Å². The fourth-order valence-corrected chi connectivity index (χ4v) is 2.06. The van der Waals surface area contributed by atoms with Crippen molar-refractivity contribution in [1.82, 2.24) is 9.80 Å². The van der Waals surface area contributed by atoms with Crippen molar-refractivity contribution in [2.24, 2.45) is 0 Å². The second-order valence-electron chi connectivity index (χ2n) is 4.58. The molecule has 0 aliphatic heterocycles.